The third-order valence-corrected chi connectivity index (χ3v) is 7.87. The Labute approximate surface area is 184 Å². The van der Waals surface area contributed by atoms with Crippen LogP contribution in [0.3, 0.4) is 0 Å². The van der Waals surface area contributed by atoms with Crippen molar-refractivity contribution < 1.29 is 9.59 Å². The van der Waals surface area contributed by atoms with Gasteiger partial charge in [-0.05, 0) is 94.4 Å². The van der Waals surface area contributed by atoms with E-state index in [4.69, 9.17) is 0 Å². The minimum Gasteiger partial charge on any atom is -0.340 e. The van der Waals surface area contributed by atoms with E-state index in [1.807, 2.05) is 62.4 Å². The molecule has 1 unspecified atom stereocenters. The molecule has 2 amide bonds. The largest absolute Gasteiger partial charge is 0.340 e. The van der Waals surface area contributed by atoms with Crippen molar-refractivity contribution >= 4 is 17.5 Å². The van der Waals surface area contributed by atoms with Crippen molar-refractivity contribution in [3.8, 4) is 0 Å². The molecule has 2 N–H and O–H groups in total. The minimum atomic E-state index is -0.504. The molecule has 162 valence electrons. The number of hydrogen-bond donors (Lipinski definition) is 2. The summed E-state index contributed by atoms with van der Waals surface area (Å²) in [5.41, 5.74) is 3.55. The number of amides is 2. The monoisotopic (exact) mass is 416 g/mol. The fourth-order valence-corrected chi connectivity index (χ4v) is 6.80. The lowest BCUT2D eigenvalue weighted by molar-refractivity contribution is -0.129. The van der Waals surface area contributed by atoms with Gasteiger partial charge in [0.25, 0.3) is 5.91 Å². The molecule has 0 spiro atoms. The van der Waals surface area contributed by atoms with Crippen LogP contribution >= 0.6 is 0 Å². The summed E-state index contributed by atoms with van der Waals surface area (Å²) in [5.74, 6) is 1.89. The van der Waals surface area contributed by atoms with Gasteiger partial charge in [0.15, 0.2) is 0 Å². The first kappa shape index (κ1) is 20.3. The molecule has 4 nitrogen and oxygen atoms in total. The molecule has 0 aromatic heterocycles. The van der Waals surface area contributed by atoms with Crippen molar-refractivity contribution in [1.82, 2.24) is 5.32 Å². The van der Waals surface area contributed by atoms with Gasteiger partial charge in [0, 0.05) is 16.7 Å². The Hall–Kier alpha value is -2.62. The molecular formula is C27H32N2O2. The van der Waals surface area contributed by atoms with E-state index in [-0.39, 0.29) is 17.2 Å². The standard InChI is InChI=1S/C27H32N2O2/c1-17-3-7-22(8-4-17)25(30)29-24(26(31)28-23-9-5-18(2)6-10-23)27-14-19-11-20(15-27)13-21(12-19)16-27/h3-10,19-21,24H,11-16H2,1-2H3,(H,28,31)(H,29,30). The van der Waals surface area contributed by atoms with Crippen molar-refractivity contribution in [2.24, 2.45) is 23.2 Å². The van der Waals surface area contributed by atoms with E-state index in [1.54, 1.807) is 0 Å². The van der Waals surface area contributed by atoms with Gasteiger partial charge < -0.3 is 10.6 Å². The Balaban J connectivity index is 1.43. The Morgan fingerprint density at radius 2 is 1.29 bits per heavy atom. The second-order valence-corrected chi connectivity index (χ2v) is 10.4. The molecule has 4 fully saturated rings. The van der Waals surface area contributed by atoms with Crippen LogP contribution in [0.25, 0.3) is 0 Å². The number of carbonyl (C=O) groups excluding carboxylic acids is 2. The molecule has 1 atom stereocenters. The number of benzene rings is 2. The predicted octanol–water partition coefficient (Wildman–Crippen LogP) is 5.26. The van der Waals surface area contributed by atoms with Crippen LogP contribution in [0.15, 0.2) is 48.5 Å². The van der Waals surface area contributed by atoms with Crippen LogP contribution in [0, 0.1) is 37.0 Å². The summed E-state index contributed by atoms with van der Waals surface area (Å²) >= 11 is 0. The second-order valence-electron chi connectivity index (χ2n) is 10.4. The lowest BCUT2D eigenvalue weighted by Crippen LogP contribution is -2.61. The molecule has 31 heavy (non-hydrogen) atoms. The summed E-state index contributed by atoms with van der Waals surface area (Å²) in [6.45, 7) is 4.04. The van der Waals surface area contributed by atoms with Gasteiger partial charge in [-0.3, -0.25) is 9.59 Å². The fourth-order valence-electron chi connectivity index (χ4n) is 6.80. The maximum Gasteiger partial charge on any atom is 0.251 e. The van der Waals surface area contributed by atoms with Crippen LogP contribution in [0.2, 0.25) is 0 Å². The van der Waals surface area contributed by atoms with Crippen LogP contribution in [-0.4, -0.2) is 17.9 Å². The van der Waals surface area contributed by atoms with Gasteiger partial charge in [0.2, 0.25) is 5.91 Å². The van der Waals surface area contributed by atoms with Crippen LogP contribution in [-0.2, 0) is 4.79 Å². The summed E-state index contributed by atoms with van der Waals surface area (Å²) in [6, 6.07) is 15.0. The molecule has 0 aliphatic heterocycles. The molecule has 4 aliphatic rings. The smallest absolute Gasteiger partial charge is 0.251 e. The van der Waals surface area contributed by atoms with E-state index in [9.17, 15) is 9.59 Å². The molecule has 0 heterocycles. The quantitative estimate of drug-likeness (QED) is 0.699. The third kappa shape index (κ3) is 4.00. The van der Waals surface area contributed by atoms with Crippen LogP contribution < -0.4 is 10.6 Å². The van der Waals surface area contributed by atoms with E-state index in [2.05, 4.69) is 10.6 Å². The average Bonchev–Trinajstić information content (AvgIpc) is 2.73. The number of nitrogens with one attached hydrogen (secondary N) is 2. The maximum atomic E-state index is 13.6. The van der Waals surface area contributed by atoms with E-state index in [0.717, 1.165) is 36.1 Å². The first-order valence-electron chi connectivity index (χ1n) is 11.7. The Morgan fingerprint density at radius 1 is 0.806 bits per heavy atom. The minimum absolute atomic E-state index is 0.0775. The van der Waals surface area contributed by atoms with E-state index in [0.29, 0.717) is 23.3 Å². The van der Waals surface area contributed by atoms with Crippen molar-refractivity contribution in [2.75, 3.05) is 5.32 Å². The lowest BCUT2D eigenvalue weighted by atomic mass is 9.47. The normalized spacial score (nSPS) is 29.4. The molecule has 0 saturated heterocycles. The average molecular weight is 417 g/mol. The molecule has 0 radical (unpaired) electrons. The van der Waals surface area contributed by atoms with Crippen molar-refractivity contribution in [2.45, 2.75) is 58.4 Å². The highest BCUT2D eigenvalue weighted by molar-refractivity contribution is 6.01. The molecule has 4 bridgehead atoms. The maximum absolute atomic E-state index is 13.6. The Bertz CT molecular complexity index is 942. The van der Waals surface area contributed by atoms with Crippen LogP contribution in [0.5, 0.6) is 0 Å². The first-order valence-corrected chi connectivity index (χ1v) is 11.7. The third-order valence-electron chi connectivity index (χ3n) is 7.87. The van der Waals surface area contributed by atoms with Gasteiger partial charge in [0.1, 0.15) is 6.04 Å². The van der Waals surface area contributed by atoms with Gasteiger partial charge in [0.05, 0.1) is 0 Å². The van der Waals surface area contributed by atoms with Gasteiger partial charge in [-0.2, -0.15) is 0 Å². The molecule has 6 rings (SSSR count). The highest BCUT2D eigenvalue weighted by atomic mass is 16.2. The van der Waals surface area contributed by atoms with Crippen LogP contribution in [0.4, 0.5) is 5.69 Å². The fraction of sp³-hybridized carbons (Fsp3) is 0.481. The van der Waals surface area contributed by atoms with Gasteiger partial charge >= 0.3 is 0 Å². The molecule has 4 saturated carbocycles. The van der Waals surface area contributed by atoms with Crippen molar-refractivity contribution in [3.63, 3.8) is 0 Å². The topological polar surface area (TPSA) is 58.2 Å². The summed E-state index contributed by atoms with van der Waals surface area (Å²) in [7, 11) is 0. The highest BCUT2D eigenvalue weighted by Crippen LogP contribution is 2.61. The molecule has 2 aromatic rings. The Morgan fingerprint density at radius 3 is 1.81 bits per heavy atom. The van der Waals surface area contributed by atoms with E-state index in [1.165, 1.54) is 19.3 Å². The number of anilines is 1. The highest BCUT2D eigenvalue weighted by Gasteiger charge is 2.56. The van der Waals surface area contributed by atoms with E-state index >= 15 is 0 Å². The zero-order valence-electron chi connectivity index (χ0n) is 18.5. The molecular weight excluding hydrogens is 384 g/mol. The van der Waals surface area contributed by atoms with E-state index < -0.39 is 6.04 Å². The summed E-state index contributed by atoms with van der Waals surface area (Å²) in [4.78, 5) is 26.8. The van der Waals surface area contributed by atoms with Gasteiger partial charge in [-0.25, -0.2) is 0 Å². The lowest BCUT2D eigenvalue weighted by Gasteiger charge is -2.58. The number of hydrogen-bond acceptors (Lipinski definition) is 2. The number of aryl methyl sites for hydroxylation is 2. The second kappa shape index (κ2) is 7.81. The Kier molecular flexibility index (Phi) is 5.11. The molecule has 2 aromatic carbocycles. The zero-order chi connectivity index (χ0) is 21.6. The molecule has 4 aliphatic carbocycles. The summed E-state index contributed by atoms with van der Waals surface area (Å²) in [6.07, 6.45) is 7.07. The molecule has 4 heteroatoms. The van der Waals surface area contributed by atoms with Crippen molar-refractivity contribution in [3.05, 3.63) is 65.2 Å². The summed E-state index contributed by atoms with van der Waals surface area (Å²) in [5, 5.41) is 6.30. The number of carbonyl (C=O) groups is 2. The van der Waals surface area contributed by atoms with Crippen LogP contribution in [0.1, 0.15) is 60.0 Å². The zero-order valence-corrected chi connectivity index (χ0v) is 18.5. The number of rotatable bonds is 5. The van der Waals surface area contributed by atoms with Gasteiger partial charge in [-0.1, -0.05) is 35.4 Å². The predicted molar refractivity (Wildman–Crippen MR) is 123 cm³/mol. The van der Waals surface area contributed by atoms with Gasteiger partial charge in [-0.15, -0.1) is 0 Å². The SMILES string of the molecule is Cc1ccc(NC(=O)C(NC(=O)c2ccc(C)cc2)C23CC4CC(CC(C4)C2)C3)cc1. The summed E-state index contributed by atoms with van der Waals surface area (Å²) < 4.78 is 0. The first-order chi connectivity index (χ1) is 14.9. The van der Waals surface area contributed by atoms with Crippen molar-refractivity contribution in [1.29, 1.82) is 0 Å².